The van der Waals surface area contributed by atoms with Gasteiger partial charge in [0.1, 0.15) is 5.76 Å². The molecule has 6 heteroatoms. The van der Waals surface area contributed by atoms with Crippen molar-refractivity contribution in [2.45, 2.75) is 27.3 Å². The summed E-state index contributed by atoms with van der Waals surface area (Å²) in [5.74, 6) is 0.358. The Morgan fingerprint density at radius 1 is 1.43 bits per heavy atom. The number of rotatable bonds is 5. The third kappa shape index (κ3) is 3.34. The fraction of sp³-hybridized carbons (Fsp3) is 0.333. The van der Waals surface area contributed by atoms with Crippen molar-refractivity contribution in [2.24, 2.45) is 0 Å². The first kappa shape index (κ1) is 14.9. The number of nitrogens with zero attached hydrogens (tertiary/aromatic N) is 1. The minimum absolute atomic E-state index is 0.314. The second-order valence-electron chi connectivity index (χ2n) is 4.68. The molecule has 0 radical (unpaired) electrons. The zero-order valence-electron chi connectivity index (χ0n) is 12.4. The topological polar surface area (TPSA) is 90.4 Å². The van der Waals surface area contributed by atoms with E-state index in [0.29, 0.717) is 24.4 Å². The quantitative estimate of drug-likeness (QED) is 0.649. The van der Waals surface area contributed by atoms with Crippen molar-refractivity contribution in [1.82, 2.24) is 5.16 Å². The van der Waals surface area contributed by atoms with Crippen molar-refractivity contribution in [3.05, 3.63) is 40.8 Å². The minimum Gasteiger partial charge on any atom is -0.462 e. The monoisotopic (exact) mass is 289 g/mol. The molecular formula is C15H19N3O3. The van der Waals surface area contributed by atoms with E-state index in [4.69, 9.17) is 15.0 Å². The van der Waals surface area contributed by atoms with Crippen LogP contribution in [0.2, 0.25) is 0 Å². The third-order valence-corrected chi connectivity index (χ3v) is 3.20. The summed E-state index contributed by atoms with van der Waals surface area (Å²) in [6, 6.07) is 5.18. The summed E-state index contributed by atoms with van der Waals surface area (Å²) in [7, 11) is 0. The summed E-state index contributed by atoms with van der Waals surface area (Å²) in [5.41, 5.74) is 9.20. The van der Waals surface area contributed by atoms with Crippen molar-refractivity contribution in [3.63, 3.8) is 0 Å². The van der Waals surface area contributed by atoms with Gasteiger partial charge in [-0.1, -0.05) is 5.16 Å². The van der Waals surface area contributed by atoms with Crippen molar-refractivity contribution in [1.29, 1.82) is 0 Å². The van der Waals surface area contributed by atoms with Gasteiger partial charge in [-0.2, -0.15) is 0 Å². The molecule has 1 heterocycles. The van der Waals surface area contributed by atoms with Gasteiger partial charge in [0.25, 0.3) is 0 Å². The van der Waals surface area contributed by atoms with Crippen molar-refractivity contribution < 1.29 is 14.1 Å². The molecule has 0 saturated heterocycles. The average molecular weight is 289 g/mol. The van der Waals surface area contributed by atoms with Crippen LogP contribution in [0, 0.1) is 13.8 Å². The molecule has 1 aromatic heterocycles. The van der Waals surface area contributed by atoms with E-state index < -0.39 is 5.97 Å². The van der Waals surface area contributed by atoms with Crippen LogP contribution in [0.1, 0.15) is 34.3 Å². The van der Waals surface area contributed by atoms with Crippen LogP contribution < -0.4 is 11.1 Å². The molecule has 0 bridgehead atoms. The fourth-order valence-corrected chi connectivity index (χ4v) is 2.00. The average Bonchev–Trinajstić information content (AvgIpc) is 2.77. The van der Waals surface area contributed by atoms with E-state index in [-0.39, 0.29) is 0 Å². The lowest BCUT2D eigenvalue weighted by atomic mass is 10.1. The van der Waals surface area contributed by atoms with Crippen molar-refractivity contribution in [2.75, 3.05) is 17.7 Å². The first-order valence-corrected chi connectivity index (χ1v) is 6.75. The first-order valence-electron chi connectivity index (χ1n) is 6.75. The van der Waals surface area contributed by atoms with Gasteiger partial charge in [0, 0.05) is 23.5 Å². The predicted octanol–water partition coefficient (Wildman–Crippen LogP) is 2.66. The number of benzene rings is 1. The highest BCUT2D eigenvalue weighted by atomic mass is 16.5. The number of hydrogen-bond acceptors (Lipinski definition) is 6. The maximum absolute atomic E-state index is 11.8. The van der Waals surface area contributed by atoms with Gasteiger partial charge in [0.2, 0.25) is 0 Å². The second-order valence-corrected chi connectivity index (χ2v) is 4.68. The Hall–Kier alpha value is -2.50. The molecule has 0 unspecified atom stereocenters. The molecular weight excluding hydrogens is 270 g/mol. The Bertz CT molecular complexity index is 630. The van der Waals surface area contributed by atoms with Gasteiger partial charge in [0.15, 0.2) is 0 Å². The number of ether oxygens (including phenoxy) is 1. The Morgan fingerprint density at radius 3 is 2.81 bits per heavy atom. The molecule has 112 valence electrons. The van der Waals surface area contributed by atoms with Gasteiger partial charge in [0.05, 0.1) is 17.9 Å². The molecule has 0 atom stereocenters. The van der Waals surface area contributed by atoms with Gasteiger partial charge < -0.3 is 20.3 Å². The standard InChI is InChI=1S/C15H19N3O3/c1-4-20-15(19)12-7-11(5-6-14(12)16)17-8-13-9(2)18-21-10(13)3/h5-7,17H,4,8,16H2,1-3H3. The molecule has 2 aromatic rings. The van der Waals surface area contributed by atoms with E-state index in [0.717, 1.165) is 22.7 Å². The number of carbonyl (C=O) groups is 1. The molecule has 0 aliphatic heterocycles. The molecule has 0 fully saturated rings. The van der Waals surface area contributed by atoms with Crippen LogP contribution in [-0.4, -0.2) is 17.7 Å². The van der Waals surface area contributed by atoms with Gasteiger partial charge in [-0.15, -0.1) is 0 Å². The molecule has 1 aromatic carbocycles. The maximum Gasteiger partial charge on any atom is 0.340 e. The van der Waals surface area contributed by atoms with Crippen LogP contribution in [0.5, 0.6) is 0 Å². The molecule has 0 aliphatic carbocycles. The first-order chi connectivity index (χ1) is 10.0. The molecule has 0 aliphatic rings. The number of anilines is 2. The van der Waals surface area contributed by atoms with E-state index in [1.807, 2.05) is 19.9 Å². The number of aromatic nitrogens is 1. The normalized spacial score (nSPS) is 10.4. The summed E-state index contributed by atoms with van der Waals surface area (Å²) < 4.78 is 10.1. The summed E-state index contributed by atoms with van der Waals surface area (Å²) in [6.45, 7) is 6.39. The van der Waals surface area contributed by atoms with Crippen LogP contribution in [0.3, 0.4) is 0 Å². The highest BCUT2D eigenvalue weighted by molar-refractivity contribution is 5.96. The molecule has 3 N–H and O–H groups in total. The summed E-state index contributed by atoms with van der Waals surface area (Å²) in [5, 5.41) is 7.13. The maximum atomic E-state index is 11.8. The third-order valence-electron chi connectivity index (χ3n) is 3.20. The van der Waals surface area contributed by atoms with E-state index in [2.05, 4.69) is 10.5 Å². The Labute approximate surface area is 123 Å². The summed E-state index contributed by atoms with van der Waals surface area (Å²) in [4.78, 5) is 11.8. The summed E-state index contributed by atoms with van der Waals surface area (Å²) in [6.07, 6.45) is 0. The van der Waals surface area contributed by atoms with Crippen molar-refractivity contribution in [3.8, 4) is 0 Å². The van der Waals surface area contributed by atoms with Gasteiger partial charge in [-0.05, 0) is 39.0 Å². The van der Waals surface area contributed by atoms with Crippen molar-refractivity contribution >= 4 is 17.3 Å². The van der Waals surface area contributed by atoms with Gasteiger partial charge in [-0.25, -0.2) is 4.79 Å². The van der Waals surface area contributed by atoms with E-state index in [1.165, 1.54) is 0 Å². The molecule has 0 spiro atoms. The highest BCUT2D eigenvalue weighted by Crippen LogP contribution is 2.21. The Balaban J connectivity index is 2.14. The van der Waals surface area contributed by atoms with Gasteiger partial charge >= 0.3 is 5.97 Å². The van der Waals surface area contributed by atoms with Crippen LogP contribution in [0.15, 0.2) is 22.7 Å². The smallest absolute Gasteiger partial charge is 0.340 e. The number of esters is 1. The molecule has 2 rings (SSSR count). The van der Waals surface area contributed by atoms with E-state index in [9.17, 15) is 4.79 Å². The van der Waals surface area contributed by atoms with Crippen LogP contribution >= 0.6 is 0 Å². The van der Waals surface area contributed by atoms with Crippen LogP contribution in [-0.2, 0) is 11.3 Å². The van der Waals surface area contributed by atoms with Crippen LogP contribution in [0.4, 0.5) is 11.4 Å². The highest BCUT2D eigenvalue weighted by Gasteiger charge is 2.13. The Morgan fingerprint density at radius 2 is 2.19 bits per heavy atom. The number of aryl methyl sites for hydroxylation is 2. The predicted molar refractivity (Wildman–Crippen MR) is 80.1 cm³/mol. The number of nitrogens with one attached hydrogen (secondary N) is 1. The number of carbonyl (C=O) groups excluding carboxylic acids is 1. The molecule has 0 amide bonds. The molecule has 21 heavy (non-hydrogen) atoms. The molecule has 6 nitrogen and oxygen atoms in total. The lowest BCUT2D eigenvalue weighted by molar-refractivity contribution is 0.0527. The van der Waals surface area contributed by atoms with Gasteiger partial charge in [-0.3, -0.25) is 0 Å². The SMILES string of the molecule is CCOC(=O)c1cc(NCc2c(C)noc2C)ccc1N. The lowest BCUT2D eigenvalue weighted by Crippen LogP contribution is -2.09. The number of nitrogen functional groups attached to an aromatic ring is 1. The Kier molecular flexibility index (Phi) is 4.47. The van der Waals surface area contributed by atoms with E-state index in [1.54, 1.807) is 19.1 Å². The largest absolute Gasteiger partial charge is 0.462 e. The zero-order chi connectivity index (χ0) is 15.4. The van der Waals surface area contributed by atoms with E-state index >= 15 is 0 Å². The lowest BCUT2D eigenvalue weighted by Gasteiger charge is -2.10. The minimum atomic E-state index is -0.420. The second kappa shape index (κ2) is 6.30. The summed E-state index contributed by atoms with van der Waals surface area (Å²) >= 11 is 0. The number of hydrogen-bond donors (Lipinski definition) is 2. The number of nitrogens with two attached hydrogens (primary N) is 1. The zero-order valence-corrected chi connectivity index (χ0v) is 12.4. The van der Waals surface area contributed by atoms with Crippen LogP contribution in [0.25, 0.3) is 0 Å². The fourth-order valence-electron chi connectivity index (χ4n) is 2.00. The molecule has 0 saturated carbocycles.